The van der Waals surface area contributed by atoms with Crippen LogP contribution in [0.3, 0.4) is 0 Å². The summed E-state index contributed by atoms with van der Waals surface area (Å²) in [7, 11) is 0. The van der Waals surface area contributed by atoms with Gasteiger partial charge in [0.2, 0.25) is 0 Å². The molecule has 0 spiro atoms. The van der Waals surface area contributed by atoms with E-state index in [0.29, 0.717) is 11.5 Å². The van der Waals surface area contributed by atoms with E-state index >= 15 is 0 Å². The first kappa shape index (κ1) is 22.4. The van der Waals surface area contributed by atoms with Gasteiger partial charge in [-0.1, -0.05) is 86.5 Å². The lowest BCUT2D eigenvalue weighted by Gasteiger charge is -2.31. The fourth-order valence-corrected chi connectivity index (χ4v) is 5.05. The average molecular weight is 439 g/mol. The third-order valence-electron chi connectivity index (χ3n) is 6.55. The molecule has 0 N–H and O–H groups in total. The lowest BCUT2D eigenvalue weighted by Crippen LogP contribution is -2.20. The molecule has 3 aromatic carbocycles. The molecule has 1 saturated carbocycles. The topological polar surface area (TPSA) is 9.23 Å². The molecule has 1 aliphatic rings. The Balaban J connectivity index is 1.69. The van der Waals surface area contributed by atoms with Crippen LogP contribution in [-0.4, -0.2) is 6.36 Å². The highest BCUT2D eigenvalue weighted by Crippen LogP contribution is 2.46. The number of benzene rings is 3. The van der Waals surface area contributed by atoms with Crippen LogP contribution in [0.2, 0.25) is 0 Å². The van der Waals surface area contributed by atoms with Gasteiger partial charge in [-0.15, -0.1) is 13.2 Å². The minimum atomic E-state index is -4.70. The normalized spacial score (nSPS) is 19.0. The molecule has 0 amide bonds. The van der Waals surface area contributed by atoms with E-state index in [4.69, 9.17) is 0 Å². The highest BCUT2D eigenvalue weighted by Gasteiger charge is 2.34. The summed E-state index contributed by atoms with van der Waals surface area (Å²) in [4.78, 5) is 0. The van der Waals surface area contributed by atoms with Gasteiger partial charge in [0.05, 0.1) is 0 Å². The Morgan fingerprint density at radius 2 is 1.38 bits per heavy atom. The number of hydrogen-bond acceptors (Lipinski definition) is 1. The number of ether oxygens (including phenoxy) is 1. The number of alkyl halides is 3. The Labute approximate surface area is 188 Å². The predicted octanol–water partition coefficient (Wildman–Crippen LogP) is 8.99. The molecule has 0 unspecified atom stereocenters. The summed E-state index contributed by atoms with van der Waals surface area (Å²) in [5.41, 5.74) is 4.65. The summed E-state index contributed by atoms with van der Waals surface area (Å²) in [6, 6.07) is 23.2. The Hall–Kier alpha value is -2.75. The number of rotatable bonds is 6. The van der Waals surface area contributed by atoms with Crippen LogP contribution in [0.15, 0.2) is 72.8 Å². The Morgan fingerprint density at radius 1 is 0.750 bits per heavy atom. The molecular weight excluding hydrogens is 409 g/mol. The van der Waals surface area contributed by atoms with Gasteiger partial charge in [-0.3, -0.25) is 0 Å². The van der Waals surface area contributed by atoms with Crippen molar-refractivity contribution in [3.8, 4) is 28.0 Å². The van der Waals surface area contributed by atoms with Gasteiger partial charge in [-0.2, -0.15) is 0 Å². The monoisotopic (exact) mass is 438 g/mol. The van der Waals surface area contributed by atoms with Crippen LogP contribution in [0.5, 0.6) is 5.75 Å². The summed E-state index contributed by atoms with van der Waals surface area (Å²) in [6.07, 6.45) is 1.57. The maximum atomic E-state index is 13.2. The van der Waals surface area contributed by atoms with Gasteiger partial charge >= 0.3 is 6.36 Å². The molecule has 0 heterocycles. The van der Waals surface area contributed by atoms with Crippen LogP contribution in [0.25, 0.3) is 22.3 Å². The highest BCUT2D eigenvalue weighted by atomic mass is 19.4. The maximum absolute atomic E-state index is 13.2. The van der Waals surface area contributed by atoms with E-state index in [9.17, 15) is 13.2 Å². The molecular formula is C28H29F3O. The molecule has 0 bridgehead atoms. The number of halogens is 3. The summed E-state index contributed by atoms with van der Waals surface area (Å²) < 4.78 is 44.1. The second-order valence-corrected chi connectivity index (χ2v) is 8.71. The molecule has 4 rings (SSSR count). The minimum absolute atomic E-state index is 0.0546. The lowest BCUT2D eigenvalue weighted by atomic mass is 9.75. The fourth-order valence-electron chi connectivity index (χ4n) is 5.05. The van der Waals surface area contributed by atoms with E-state index in [2.05, 4.69) is 11.7 Å². The summed E-state index contributed by atoms with van der Waals surface area (Å²) in [6.45, 7) is 2.19. The van der Waals surface area contributed by atoms with Gasteiger partial charge in [0, 0.05) is 5.56 Å². The molecule has 168 valence electrons. The first-order valence-electron chi connectivity index (χ1n) is 11.5. The van der Waals surface area contributed by atoms with Crippen LogP contribution < -0.4 is 4.74 Å². The van der Waals surface area contributed by atoms with Gasteiger partial charge in [0.1, 0.15) is 5.75 Å². The van der Waals surface area contributed by atoms with Gasteiger partial charge in [-0.05, 0) is 65.8 Å². The van der Waals surface area contributed by atoms with Crippen molar-refractivity contribution in [1.82, 2.24) is 0 Å². The van der Waals surface area contributed by atoms with Crippen molar-refractivity contribution in [2.45, 2.75) is 57.7 Å². The van der Waals surface area contributed by atoms with Crippen molar-refractivity contribution in [1.29, 1.82) is 0 Å². The van der Waals surface area contributed by atoms with E-state index in [1.165, 1.54) is 12.5 Å². The van der Waals surface area contributed by atoms with Crippen LogP contribution in [0.1, 0.15) is 56.9 Å². The van der Waals surface area contributed by atoms with Crippen LogP contribution in [0.4, 0.5) is 13.2 Å². The zero-order valence-electron chi connectivity index (χ0n) is 18.4. The fraction of sp³-hybridized carbons (Fsp3) is 0.357. The Bertz CT molecular complexity index is 1000. The molecule has 4 heteroatoms. The molecule has 32 heavy (non-hydrogen) atoms. The zero-order valence-corrected chi connectivity index (χ0v) is 18.4. The smallest absolute Gasteiger partial charge is 0.405 e. The minimum Gasteiger partial charge on any atom is -0.405 e. The quantitative estimate of drug-likeness (QED) is 0.373. The SMILES string of the molecule is CCCC1CCC(c2c(OC(F)(F)F)cccc2-c2ccc(-c3ccccc3)cc2)CC1. The summed E-state index contributed by atoms with van der Waals surface area (Å²) in [5.74, 6) is 0.701. The van der Waals surface area contributed by atoms with Gasteiger partial charge in [0.15, 0.2) is 0 Å². The summed E-state index contributed by atoms with van der Waals surface area (Å²) >= 11 is 0. The van der Waals surface area contributed by atoms with Crippen molar-refractivity contribution in [3.63, 3.8) is 0 Å². The van der Waals surface area contributed by atoms with E-state index < -0.39 is 6.36 Å². The van der Waals surface area contributed by atoms with Crippen LogP contribution in [-0.2, 0) is 0 Å². The predicted molar refractivity (Wildman–Crippen MR) is 124 cm³/mol. The van der Waals surface area contributed by atoms with Gasteiger partial charge in [0.25, 0.3) is 0 Å². The van der Waals surface area contributed by atoms with E-state index in [-0.39, 0.29) is 11.7 Å². The Kier molecular flexibility index (Phi) is 6.88. The van der Waals surface area contributed by atoms with Gasteiger partial charge in [-0.25, -0.2) is 0 Å². The maximum Gasteiger partial charge on any atom is 0.573 e. The molecule has 0 aromatic heterocycles. The lowest BCUT2D eigenvalue weighted by molar-refractivity contribution is -0.275. The summed E-state index contributed by atoms with van der Waals surface area (Å²) in [5, 5.41) is 0. The first-order valence-corrected chi connectivity index (χ1v) is 11.5. The molecule has 3 aromatic rings. The molecule has 0 aliphatic heterocycles. The van der Waals surface area contributed by atoms with Crippen LogP contribution >= 0.6 is 0 Å². The standard InChI is InChI=1S/C28H29F3O/c1-2-7-20-12-14-24(15-13-20)27-25(10-6-11-26(27)32-28(29,30)31)23-18-16-22(17-19-23)21-8-4-3-5-9-21/h3-6,8-11,16-20,24H,2,7,12-15H2,1H3. The number of hydrogen-bond donors (Lipinski definition) is 0. The second kappa shape index (κ2) is 9.81. The van der Waals surface area contributed by atoms with Gasteiger partial charge < -0.3 is 4.74 Å². The van der Waals surface area contributed by atoms with E-state index in [0.717, 1.165) is 54.4 Å². The van der Waals surface area contributed by atoms with E-state index in [1.54, 1.807) is 6.07 Å². The third kappa shape index (κ3) is 5.35. The average Bonchev–Trinajstić information content (AvgIpc) is 2.80. The van der Waals surface area contributed by atoms with E-state index in [1.807, 2.05) is 60.7 Å². The highest BCUT2D eigenvalue weighted by molar-refractivity contribution is 5.74. The first-order chi connectivity index (χ1) is 15.4. The van der Waals surface area contributed by atoms with Crippen molar-refractivity contribution >= 4 is 0 Å². The molecule has 1 fully saturated rings. The third-order valence-corrected chi connectivity index (χ3v) is 6.55. The molecule has 0 atom stereocenters. The zero-order chi connectivity index (χ0) is 22.6. The Morgan fingerprint density at radius 3 is 2.00 bits per heavy atom. The van der Waals surface area contributed by atoms with Crippen molar-refractivity contribution in [3.05, 3.63) is 78.4 Å². The van der Waals surface area contributed by atoms with Crippen molar-refractivity contribution < 1.29 is 17.9 Å². The van der Waals surface area contributed by atoms with Crippen LogP contribution in [0, 0.1) is 5.92 Å². The molecule has 1 aliphatic carbocycles. The molecule has 1 nitrogen and oxygen atoms in total. The second-order valence-electron chi connectivity index (χ2n) is 8.71. The largest absolute Gasteiger partial charge is 0.573 e. The molecule has 0 radical (unpaired) electrons. The molecule has 0 saturated heterocycles. The van der Waals surface area contributed by atoms with Crippen molar-refractivity contribution in [2.24, 2.45) is 5.92 Å². The van der Waals surface area contributed by atoms with Crippen molar-refractivity contribution in [2.75, 3.05) is 0 Å².